The van der Waals surface area contributed by atoms with E-state index in [-0.39, 0.29) is 37.4 Å². The summed E-state index contributed by atoms with van der Waals surface area (Å²) in [6.45, 7) is 1.81. The van der Waals surface area contributed by atoms with Crippen LogP contribution in [0.1, 0.15) is 27.0 Å². The second-order valence-corrected chi connectivity index (χ2v) is 14.5. The molecule has 0 unspecified atom stereocenters. The molecule has 4 aromatic carbocycles. The number of alkyl halides is 3. The van der Waals surface area contributed by atoms with Crippen LogP contribution in [-0.2, 0) is 33.8 Å². The van der Waals surface area contributed by atoms with Crippen molar-refractivity contribution in [2.24, 2.45) is 0 Å². The number of morpholine rings is 2. The van der Waals surface area contributed by atoms with Crippen LogP contribution in [0.25, 0.3) is 32.8 Å². The molecule has 10 nitrogen and oxygen atoms in total. The summed E-state index contributed by atoms with van der Waals surface area (Å²) in [4.78, 5) is 36.5. The first-order chi connectivity index (χ1) is 26.9. The lowest BCUT2D eigenvalue weighted by Crippen LogP contribution is -2.53. The fourth-order valence-corrected chi connectivity index (χ4v) is 7.69. The average Bonchev–Trinajstić information content (AvgIpc) is 3.17. The number of ether oxygens (including phenoxy) is 2. The number of fused-ring (bicyclic) bond motifs is 2. The fraction of sp³-hybridized carbons (Fsp3) is 0.357. The first-order valence-corrected chi connectivity index (χ1v) is 18.5. The van der Waals surface area contributed by atoms with Gasteiger partial charge in [-0.1, -0.05) is 48.5 Å². The highest BCUT2D eigenvalue weighted by Gasteiger charge is 2.46. The number of rotatable bonds is 11. The minimum Gasteiger partial charge on any atom is -0.480 e. The molecule has 294 valence electrons. The highest BCUT2D eigenvalue weighted by atomic mass is 19.4. The predicted molar refractivity (Wildman–Crippen MR) is 205 cm³/mol. The van der Waals surface area contributed by atoms with Gasteiger partial charge in [0.05, 0.1) is 37.7 Å². The van der Waals surface area contributed by atoms with Gasteiger partial charge in [0.15, 0.2) is 0 Å². The van der Waals surface area contributed by atoms with Gasteiger partial charge in [0, 0.05) is 62.0 Å². The van der Waals surface area contributed by atoms with E-state index < -0.39 is 48.1 Å². The molecule has 2 atom stereocenters. The number of amides is 1. The number of benzene rings is 4. The maximum absolute atomic E-state index is 16.2. The summed E-state index contributed by atoms with van der Waals surface area (Å²) < 4.78 is 68.7. The standard InChI is InChI=1S/C42H43F4N5O5/c1-49(2)23-26-9-10-32-28(19-26)11-12-47-39(32)34-8-4-6-31-27(5-3-7-33(31)34)21-36(41(53)54)48-40(52)38-29(24-50-13-16-55-17-14-50)20-30(22-35(38)43)51-15-18-56-25-37(51)42(44,45)46/h3-12,19-20,22,36-37H,13-18,21,23-25H2,1-2H3,(H,48,52)(H,53,54)/t36-,37+/m0/s1. The first kappa shape index (κ1) is 39.1. The number of nitrogens with zero attached hydrogens (tertiary/aromatic N) is 4. The number of hydrogen-bond donors (Lipinski definition) is 2. The Morgan fingerprint density at radius 3 is 2.43 bits per heavy atom. The van der Waals surface area contributed by atoms with E-state index in [1.165, 1.54) is 6.07 Å². The van der Waals surface area contributed by atoms with E-state index in [0.29, 0.717) is 31.9 Å². The summed E-state index contributed by atoms with van der Waals surface area (Å²) in [6.07, 6.45) is -3.00. The van der Waals surface area contributed by atoms with Crippen LogP contribution in [0.3, 0.4) is 0 Å². The number of pyridine rings is 1. The SMILES string of the molecule is CN(C)Cc1ccc2c(-c3cccc4c(C[C@H](NC(=O)c5c(F)cc(N6CCOC[C@@H]6C(F)(F)F)cc5CN5CCOCC5)C(=O)O)cccc34)nccc2c1. The summed E-state index contributed by atoms with van der Waals surface area (Å²) >= 11 is 0. The minimum atomic E-state index is -4.64. The number of nitrogens with one attached hydrogen (secondary N) is 1. The number of anilines is 1. The number of aliphatic carboxylic acids is 1. The number of halogens is 4. The Morgan fingerprint density at radius 1 is 0.929 bits per heavy atom. The molecule has 0 saturated carbocycles. The third kappa shape index (κ3) is 8.48. The molecule has 14 heteroatoms. The molecule has 0 radical (unpaired) electrons. The van der Waals surface area contributed by atoms with Crippen molar-refractivity contribution in [3.05, 3.63) is 107 Å². The molecule has 7 rings (SSSR count). The van der Waals surface area contributed by atoms with Gasteiger partial charge in [-0.05, 0) is 71.2 Å². The lowest BCUT2D eigenvalue weighted by atomic mass is 9.93. The van der Waals surface area contributed by atoms with Gasteiger partial charge in [-0.15, -0.1) is 0 Å². The molecule has 0 bridgehead atoms. The van der Waals surface area contributed by atoms with Crippen LogP contribution in [-0.4, -0.2) is 110 Å². The molecule has 0 aliphatic carbocycles. The van der Waals surface area contributed by atoms with Crippen LogP contribution in [0.2, 0.25) is 0 Å². The number of carboxylic acids is 1. The van der Waals surface area contributed by atoms with Crippen molar-refractivity contribution in [3.63, 3.8) is 0 Å². The first-order valence-electron chi connectivity index (χ1n) is 18.5. The highest BCUT2D eigenvalue weighted by Crippen LogP contribution is 2.36. The molecule has 56 heavy (non-hydrogen) atoms. The number of carbonyl (C=O) groups excluding carboxylic acids is 1. The number of aromatic nitrogens is 1. The second kappa shape index (κ2) is 16.5. The van der Waals surface area contributed by atoms with Gasteiger partial charge in [0.2, 0.25) is 0 Å². The van der Waals surface area contributed by atoms with Crippen LogP contribution in [0.4, 0.5) is 23.2 Å². The Morgan fingerprint density at radius 2 is 1.68 bits per heavy atom. The number of carboxylic acid groups (broad SMARTS) is 1. The molecule has 2 fully saturated rings. The third-order valence-electron chi connectivity index (χ3n) is 10.3. The van der Waals surface area contributed by atoms with Crippen molar-refractivity contribution in [2.45, 2.75) is 37.8 Å². The Balaban J connectivity index is 1.20. The molecule has 0 spiro atoms. The molecular weight excluding hydrogens is 730 g/mol. The highest BCUT2D eigenvalue weighted by molar-refractivity contribution is 6.05. The van der Waals surface area contributed by atoms with Crippen LogP contribution in [0.15, 0.2) is 79.0 Å². The Labute approximate surface area is 321 Å². The maximum atomic E-state index is 16.2. The van der Waals surface area contributed by atoms with Crippen LogP contribution < -0.4 is 10.2 Å². The molecular formula is C42H43F4N5O5. The van der Waals surface area contributed by atoms with Gasteiger partial charge in [0.1, 0.15) is 17.9 Å². The van der Waals surface area contributed by atoms with Crippen molar-refractivity contribution < 1.29 is 41.7 Å². The molecule has 2 saturated heterocycles. The fourth-order valence-electron chi connectivity index (χ4n) is 7.69. The van der Waals surface area contributed by atoms with E-state index in [4.69, 9.17) is 14.5 Å². The zero-order valence-corrected chi connectivity index (χ0v) is 31.1. The van der Waals surface area contributed by atoms with E-state index in [0.717, 1.165) is 55.9 Å². The largest absolute Gasteiger partial charge is 0.480 e. The zero-order chi connectivity index (χ0) is 39.6. The molecule has 2 N–H and O–H groups in total. The Kier molecular flexibility index (Phi) is 11.5. The minimum absolute atomic E-state index is 0.0154. The van der Waals surface area contributed by atoms with Crippen molar-refractivity contribution in [3.8, 4) is 11.3 Å². The van der Waals surface area contributed by atoms with E-state index >= 15 is 4.39 Å². The zero-order valence-electron chi connectivity index (χ0n) is 31.1. The smallest absolute Gasteiger partial charge is 0.411 e. The average molecular weight is 774 g/mol. The van der Waals surface area contributed by atoms with E-state index in [9.17, 15) is 27.9 Å². The van der Waals surface area contributed by atoms with Gasteiger partial charge in [-0.25, -0.2) is 9.18 Å². The van der Waals surface area contributed by atoms with E-state index in [2.05, 4.69) is 28.4 Å². The molecule has 5 aromatic rings. The van der Waals surface area contributed by atoms with Crippen LogP contribution in [0, 0.1) is 5.82 Å². The number of hydrogen-bond acceptors (Lipinski definition) is 8. The molecule has 2 aliphatic rings. The maximum Gasteiger partial charge on any atom is 0.411 e. The summed E-state index contributed by atoms with van der Waals surface area (Å²) in [5.41, 5.74) is 3.12. The Hall–Kier alpha value is -5.15. The van der Waals surface area contributed by atoms with Gasteiger partial charge in [0.25, 0.3) is 5.91 Å². The normalized spacial score (nSPS) is 17.4. The van der Waals surface area contributed by atoms with Crippen molar-refractivity contribution >= 4 is 39.1 Å². The van der Waals surface area contributed by atoms with Crippen LogP contribution in [0.5, 0.6) is 0 Å². The lowest BCUT2D eigenvalue weighted by Gasteiger charge is -2.38. The van der Waals surface area contributed by atoms with E-state index in [1.54, 1.807) is 12.3 Å². The van der Waals surface area contributed by atoms with Crippen molar-refractivity contribution in [1.29, 1.82) is 0 Å². The summed E-state index contributed by atoms with van der Waals surface area (Å²) in [7, 11) is 4.03. The third-order valence-corrected chi connectivity index (χ3v) is 10.3. The summed E-state index contributed by atoms with van der Waals surface area (Å²) in [5, 5.41) is 16.5. The number of carbonyl (C=O) groups is 2. The summed E-state index contributed by atoms with van der Waals surface area (Å²) in [6, 6.07) is 18.4. The van der Waals surface area contributed by atoms with Crippen molar-refractivity contribution in [2.75, 3.05) is 65.1 Å². The molecule has 1 aromatic heterocycles. The topological polar surface area (TPSA) is 107 Å². The summed E-state index contributed by atoms with van der Waals surface area (Å²) in [5.74, 6) is -3.36. The van der Waals surface area contributed by atoms with Gasteiger partial charge in [-0.3, -0.25) is 14.7 Å². The quantitative estimate of drug-likeness (QED) is 0.150. The van der Waals surface area contributed by atoms with E-state index in [1.807, 2.05) is 55.4 Å². The van der Waals surface area contributed by atoms with Crippen molar-refractivity contribution in [1.82, 2.24) is 20.1 Å². The molecule has 2 aliphatic heterocycles. The second-order valence-electron chi connectivity index (χ2n) is 14.5. The van der Waals surface area contributed by atoms with Gasteiger partial charge in [-0.2, -0.15) is 13.2 Å². The van der Waals surface area contributed by atoms with Gasteiger partial charge >= 0.3 is 12.1 Å². The van der Waals surface area contributed by atoms with Gasteiger partial charge < -0.3 is 29.7 Å². The molecule has 1 amide bonds. The van der Waals surface area contributed by atoms with Crippen LogP contribution >= 0.6 is 0 Å². The Bertz CT molecular complexity index is 2240. The monoisotopic (exact) mass is 773 g/mol. The lowest BCUT2D eigenvalue weighted by molar-refractivity contribution is -0.167. The molecule has 3 heterocycles. The predicted octanol–water partition coefficient (Wildman–Crippen LogP) is 6.28.